The SMILES string of the molecule is O=C(O)CCC(F)(F)CCCN1C(=O)NC[C@@H]1C=CC(O)C(F)(F)c1ccccc1. The largest absolute Gasteiger partial charge is 0.481 e. The number of urea groups is 1. The number of carboxylic acids is 1. The number of nitrogens with one attached hydrogen (secondary N) is 1. The second kappa shape index (κ2) is 9.92. The van der Waals surface area contributed by atoms with Crippen molar-refractivity contribution in [3.63, 3.8) is 0 Å². The number of carbonyl (C=O) groups excluding carboxylic acids is 1. The van der Waals surface area contributed by atoms with Gasteiger partial charge in [0, 0.05) is 31.5 Å². The number of nitrogens with zero attached hydrogens (tertiary/aromatic N) is 1. The van der Waals surface area contributed by atoms with Gasteiger partial charge in [-0.1, -0.05) is 42.5 Å². The maximum atomic E-state index is 14.3. The minimum absolute atomic E-state index is 0.0608. The van der Waals surface area contributed by atoms with E-state index in [9.17, 15) is 32.3 Å². The third-order valence-corrected chi connectivity index (χ3v) is 4.82. The van der Waals surface area contributed by atoms with Crippen molar-refractivity contribution in [2.45, 2.75) is 49.7 Å². The minimum Gasteiger partial charge on any atom is -0.481 e. The van der Waals surface area contributed by atoms with Crippen molar-refractivity contribution in [1.82, 2.24) is 10.2 Å². The summed E-state index contributed by atoms with van der Waals surface area (Å²) in [4.78, 5) is 23.6. The van der Waals surface area contributed by atoms with Crippen LogP contribution in [0.5, 0.6) is 0 Å². The highest BCUT2D eigenvalue weighted by Crippen LogP contribution is 2.32. The fourth-order valence-electron chi connectivity index (χ4n) is 3.10. The Morgan fingerprint density at radius 3 is 2.53 bits per heavy atom. The van der Waals surface area contributed by atoms with Crippen LogP contribution in [-0.2, 0) is 10.7 Å². The Hall–Kier alpha value is -2.62. The molecule has 0 bridgehead atoms. The number of benzene rings is 1. The van der Waals surface area contributed by atoms with Crippen molar-refractivity contribution in [2.24, 2.45) is 0 Å². The number of hydrogen-bond acceptors (Lipinski definition) is 3. The molecule has 0 spiro atoms. The van der Waals surface area contributed by atoms with Gasteiger partial charge >= 0.3 is 17.9 Å². The smallest absolute Gasteiger partial charge is 0.318 e. The Balaban J connectivity index is 1.93. The van der Waals surface area contributed by atoms with Crippen LogP contribution in [0.2, 0.25) is 0 Å². The Morgan fingerprint density at radius 1 is 1.23 bits per heavy atom. The van der Waals surface area contributed by atoms with E-state index in [2.05, 4.69) is 5.32 Å². The highest BCUT2D eigenvalue weighted by atomic mass is 19.3. The quantitative estimate of drug-likeness (QED) is 0.370. The molecule has 6 nitrogen and oxygen atoms in total. The molecule has 1 heterocycles. The van der Waals surface area contributed by atoms with Gasteiger partial charge in [-0.3, -0.25) is 4.79 Å². The predicted molar refractivity (Wildman–Crippen MR) is 100 cm³/mol. The number of carboxylic acid groups (broad SMARTS) is 1. The van der Waals surface area contributed by atoms with Crippen molar-refractivity contribution in [3.8, 4) is 0 Å². The predicted octanol–water partition coefficient (Wildman–Crippen LogP) is 3.37. The van der Waals surface area contributed by atoms with Crippen LogP contribution < -0.4 is 5.32 Å². The molecule has 1 aliphatic heterocycles. The van der Waals surface area contributed by atoms with Gasteiger partial charge in [0.15, 0.2) is 0 Å². The molecule has 2 amide bonds. The molecule has 2 rings (SSSR count). The lowest BCUT2D eigenvalue weighted by Crippen LogP contribution is -2.35. The van der Waals surface area contributed by atoms with Gasteiger partial charge in [-0.05, 0) is 6.42 Å². The Kier molecular flexibility index (Phi) is 7.83. The molecular weight excluding hydrogens is 408 g/mol. The molecule has 0 saturated carbocycles. The molecule has 1 unspecified atom stereocenters. The molecule has 0 aromatic heterocycles. The van der Waals surface area contributed by atoms with Gasteiger partial charge in [0.1, 0.15) is 6.10 Å². The number of aliphatic hydroxyl groups is 1. The number of halogens is 4. The lowest BCUT2D eigenvalue weighted by atomic mass is 10.0. The number of amides is 2. The van der Waals surface area contributed by atoms with E-state index in [1.54, 1.807) is 6.07 Å². The zero-order valence-corrected chi connectivity index (χ0v) is 16.1. The summed E-state index contributed by atoms with van der Waals surface area (Å²) in [5, 5.41) is 20.9. The van der Waals surface area contributed by atoms with Crippen LogP contribution in [0.15, 0.2) is 42.5 Å². The van der Waals surface area contributed by atoms with Crippen molar-refractivity contribution in [2.75, 3.05) is 13.1 Å². The molecule has 1 aliphatic rings. The van der Waals surface area contributed by atoms with Crippen LogP contribution in [0.4, 0.5) is 22.4 Å². The van der Waals surface area contributed by atoms with E-state index in [0.29, 0.717) is 0 Å². The zero-order valence-electron chi connectivity index (χ0n) is 16.1. The lowest BCUT2D eigenvalue weighted by Gasteiger charge is -2.24. The summed E-state index contributed by atoms with van der Waals surface area (Å²) in [5.74, 6) is -8.02. The van der Waals surface area contributed by atoms with Gasteiger partial charge in [-0.2, -0.15) is 8.78 Å². The second-order valence-corrected chi connectivity index (χ2v) is 7.12. The van der Waals surface area contributed by atoms with Gasteiger partial charge in [0.05, 0.1) is 12.5 Å². The summed E-state index contributed by atoms with van der Waals surface area (Å²) in [6, 6.07) is 5.60. The number of carbonyl (C=O) groups is 2. The van der Waals surface area contributed by atoms with E-state index in [-0.39, 0.29) is 25.1 Å². The molecule has 166 valence electrons. The van der Waals surface area contributed by atoms with E-state index in [0.717, 1.165) is 6.08 Å². The number of aliphatic hydroxyl groups excluding tert-OH is 1. The van der Waals surface area contributed by atoms with E-state index >= 15 is 0 Å². The summed E-state index contributed by atoms with van der Waals surface area (Å²) in [7, 11) is 0. The van der Waals surface area contributed by atoms with Gasteiger partial charge in [-0.25, -0.2) is 13.6 Å². The van der Waals surface area contributed by atoms with Crippen LogP contribution >= 0.6 is 0 Å². The van der Waals surface area contributed by atoms with Gasteiger partial charge in [-0.15, -0.1) is 0 Å². The molecular formula is C20H24F4N2O4. The van der Waals surface area contributed by atoms with Crippen LogP contribution in [0.1, 0.15) is 31.2 Å². The van der Waals surface area contributed by atoms with Crippen molar-refractivity contribution < 1.29 is 37.4 Å². The number of hydrogen-bond donors (Lipinski definition) is 3. The standard InChI is InChI=1S/C20H24F4N2O4/c21-19(22,11-9-17(28)29)10-4-12-26-15(13-25-18(26)30)7-8-16(27)20(23,24)14-5-2-1-3-6-14/h1-3,5-8,15-16,27H,4,9-13H2,(H,25,30)(H,28,29)/t15-,16?/m0/s1. The van der Waals surface area contributed by atoms with Gasteiger partial charge < -0.3 is 20.4 Å². The van der Waals surface area contributed by atoms with Crippen molar-refractivity contribution in [1.29, 1.82) is 0 Å². The molecule has 0 radical (unpaired) electrons. The summed E-state index contributed by atoms with van der Waals surface area (Å²) in [6.45, 7) is 0.0308. The van der Waals surface area contributed by atoms with Crippen LogP contribution in [-0.4, -0.2) is 58.3 Å². The van der Waals surface area contributed by atoms with Gasteiger partial charge in [0.25, 0.3) is 0 Å². The molecule has 1 aromatic rings. The molecule has 0 aliphatic carbocycles. The normalized spacial score (nSPS) is 18.6. The topological polar surface area (TPSA) is 89.9 Å². The molecule has 3 N–H and O–H groups in total. The number of alkyl halides is 4. The monoisotopic (exact) mass is 432 g/mol. The number of aliphatic carboxylic acids is 1. The zero-order chi connectivity index (χ0) is 22.4. The summed E-state index contributed by atoms with van der Waals surface area (Å²) in [6.07, 6.45) is -2.12. The molecule has 30 heavy (non-hydrogen) atoms. The van der Waals surface area contributed by atoms with E-state index in [1.165, 1.54) is 35.2 Å². The highest BCUT2D eigenvalue weighted by Gasteiger charge is 2.39. The maximum Gasteiger partial charge on any atom is 0.318 e. The fraction of sp³-hybridized carbons (Fsp3) is 0.500. The van der Waals surface area contributed by atoms with E-state index in [4.69, 9.17) is 5.11 Å². The van der Waals surface area contributed by atoms with Crippen molar-refractivity contribution in [3.05, 3.63) is 48.0 Å². The first-order chi connectivity index (χ1) is 14.0. The molecule has 1 fully saturated rings. The molecule has 10 heteroatoms. The number of rotatable bonds is 11. The van der Waals surface area contributed by atoms with Crippen LogP contribution in [0.3, 0.4) is 0 Å². The lowest BCUT2D eigenvalue weighted by molar-refractivity contribution is -0.139. The highest BCUT2D eigenvalue weighted by molar-refractivity contribution is 5.77. The first kappa shape index (κ1) is 23.7. The summed E-state index contributed by atoms with van der Waals surface area (Å²) >= 11 is 0. The molecule has 1 aromatic carbocycles. The average Bonchev–Trinajstić information content (AvgIpc) is 3.05. The molecule has 2 atom stereocenters. The Labute approximate surface area is 171 Å². The molecule has 1 saturated heterocycles. The Morgan fingerprint density at radius 2 is 1.90 bits per heavy atom. The first-order valence-electron chi connectivity index (χ1n) is 9.47. The maximum absolute atomic E-state index is 14.3. The fourth-order valence-corrected chi connectivity index (χ4v) is 3.10. The van der Waals surface area contributed by atoms with E-state index < -0.39 is 55.3 Å². The summed E-state index contributed by atoms with van der Waals surface area (Å²) < 4.78 is 56.0. The van der Waals surface area contributed by atoms with Gasteiger partial charge in [0.2, 0.25) is 5.92 Å². The van der Waals surface area contributed by atoms with Crippen molar-refractivity contribution >= 4 is 12.0 Å². The van der Waals surface area contributed by atoms with Crippen LogP contribution in [0, 0.1) is 0 Å². The minimum atomic E-state index is -3.54. The summed E-state index contributed by atoms with van der Waals surface area (Å²) in [5.41, 5.74) is -0.358. The first-order valence-corrected chi connectivity index (χ1v) is 9.47. The second-order valence-electron chi connectivity index (χ2n) is 7.12. The van der Waals surface area contributed by atoms with Crippen LogP contribution in [0.25, 0.3) is 0 Å². The average molecular weight is 432 g/mol. The third-order valence-electron chi connectivity index (χ3n) is 4.82. The third kappa shape index (κ3) is 6.45. The Bertz CT molecular complexity index is 758. The van der Waals surface area contributed by atoms with E-state index in [1.807, 2.05) is 0 Å².